The van der Waals surface area contributed by atoms with Crippen molar-refractivity contribution in [3.63, 3.8) is 0 Å². The van der Waals surface area contributed by atoms with Crippen molar-refractivity contribution in [3.8, 4) is 0 Å². The van der Waals surface area contributed by atoms with E-state index >= 15 is 0 Å². The van der Waals surface area contributed by atoms with Crippen molar-refractivity contribution in [1.82, 2.24) is 20.4 Å². The van der Waals surface area contributed by atoms with Gasteiger partial charge >= 0.3 is 6.03 Å². The summed E-state index contributed by atoms with van der Waals surface area (Å²) in [5, 5.41) is 6.65. The molecule has 4 amide bonds. The van der Waals surface area contributed by atoms with Gasteiger partial charge in [-0.2, -0.15) is 0 Å². The summed E-state index contributed by atoms with van der Waals surface area (Å²) in [4.78, 5) is 42.4. The molecule has 2 aromatic rings. The van der Waals surface area contributed by atoms with E-state index in [1.54, 1.807) is 25.1 Å². The molecule has 9 heteroatoms. The lowest BCUT2D eigenvalue weighted by molar-refractivity contribution is -0.135. The molecule has 0 saturated carbocycles. The van der Waals surface area contributed by atoms with E-state index < -0.39 is 12.1 Å². The first kappa shape index (κ1) is 25.1. The molecule has 0 spiro atoms. The molecule has 0 radical (unpaired) electrons. The van der Waals surface area contributed by atoms with Crippen molar-refractivity contribution >= 4 is 41.0 Å². The lowest BCUT2D eigenvalue weighted by Gasteiger charge is -2.33. The maximum Gasteiger partial charge on any atom is 0.322 e. The molecule has 0 unspecified atom stereocenters. The highest BCUT2D eigenvalue weighted by Crippen LogP contribution is 2.39. The molecule has 2 N–H and O–H groups in total. The smallest absolute Gasteiger partial charge is 0.322 e. The summed E-state index contributed by atoms with van der Waals surface area (Å²) in [6, 6.07) is 13.3. The minimum absolute atomic E-state index is 0.176. The number of nitrogens with one attached hydrogen (secondary N) is 2. The average Bonchev–Trinajstić information content (AvgIpc) is 3.18. The van der Waals surface area contributed by atoms with Gasteiger partial charge in [0.15, 0.2) is 0 Å². The molecule has 184 valence electrons. The normalized spacial score (nSPS) is 18.5. The van der Waals surface area contributed by atoms with Crippen LogP contribution in [0.2, 0.25) is 10.0 Å². The molecule has 0 fully saturated rings. The molecule has 4 rings (SSSR count). The molecule has 0 aromatic heterocycles. The first-order chi connectivity index (χ1) is 16.8. The molecule has 7 nitrogen and oxygen atoms in total. The van der Waals surface area contributed by atoms with Crippen molar-refractivity contribution < 1.29 is 14.4 Å². The number of halogens is 2. The van der Waals surface area contributed by atoms with Gasteiger partial charge in [0.05, 0.1) is 23.9 Å². The number of carbonyl (C=O) groups excluding carboxylic acids is 3. The number of hydrogen-bond donors (Lipinski definition) is 2. The Morgan fingerprint density at radius 2 is 1.91 bits per heavy atom. The second-order valence-electron chi connectivity index (χ2n) is 8.64. The topological polar surface area (TPSA) is 81.8 Å². The number of likely N-dealkylation sites (N-methyl/N-ethyl adjacent to an activating group) is 1. The van der Waals surface area contributed by atoms with Crippen LogP contribution in [0.25, 0.3) is 0 Å². The van der Waals surface area contributed by atoms with Crippen molar-refractivity contribution in [2.75, 3.05) is 19.6 Å². The van der Waals surface area contributed by atoms with E-state index in [-0.39, 0.29) is 24.4 Å². The number of hydrogen-bond acceptors (Lipinski definition) is 3. The van der Waals surface area contributed by atoms with Crippen LogP contribution in [0.5, 0.6) is 0 Å². The Hall–Kier alpha value is -3.03. The van der Waals surface area contributed by atoms with Crippen molar-refractivity contribution in [2.45, 2.75) is 38.8 Å². The molecule has 2 heterocycles. The Morgan fingerprint density at radius 3 is 2.60 bits per heavy atom. The molecule has 2 atom stereocenters. The summed E-state index contributed by atoms with van der Waals surface area (Å²) in [5.41, 5.74) is 2.83. The third-order valence-electron chi connectivity index (χ3n) is 6.47. The second kappa shape index (κ2) is 10.7. The Kier molecular flexibility index (Phi) is 7.67. The molecule has 0 aliphatic carbocycles. The molecule has 35 heavy (non-hydrogen) atoms. The number of aryl methyl sites for hydroxylation is 1. The molecule has 0 saturated heterocycles. The number of carbonyl (C=O) groups is 3. The van der Waals surface area contributed by atoms with Crippen LogP contribution in [0.4, 0.5) is 4.79 Å². The van der Waals surface area contributed by atoms with Gasteiger partial charge in [-0.3, -0.25) is 14.5 Å². The quantitative estimate of drug-likeness (QED) is 0.514. The van der Waals surface area contributed by atoms with Crippen molar-refractivity contribution in [1.29, 1.82) is 0 Å². The monoisotopic (exact) mass is 514 g/mol. The lowest BCUT2D eigenvalue weighted by Crippen LogP contribution is -2.47. The Labute approximate surface area is 215 Å². The summed E-state index contributed by atoms with van der Waals surface area (Å²) in [7, 11) is 0. The molecular weight excluding hydrogens is 487 g/mol. The van der Waals surface area contributed by atoms with E-state index in [4.69, 9.17) is 23.2 Å². The molecular formula is C26H28Cl2N4O3. The van der Waals surface area contributed by atoms with Crippen LogP contribution in [0, 0.1) is 0 Å². The Bertz CT molecular complexity index is 1170. The molecule has 2 aromatic carbocycles. The zero-order valence-electron chi connectivity index (χ0n) is 19.7. The SMILES string of the molecule is CCN1C(=O)N[C@H](c2ccc(Cl)cc2Cl)C2=C1CN([C@@H](C)C(=O)NCCCc1ccccc1)C2=O. The van der Waals surface area contributed by atoms with Crippen LogP contribution >= 0.6 is 23.2 Å². The zero-order chi connectivity index (χ0) is 25.1. The van der Waals surface area contributed by atoms with Gasteiger partial charge in [0.2, 0.25) is 5.91 Å². The van der Waals surface area contributed by atoms with Gasteiger partial charge in [-0.15, -0.1) is 0 Å². The summed E-state index contributed by atoms with van der Waals surface area (Å²) < 4.78 is 0. The van der Waals surface area contributed by atoms with E-state index in [1.165, 1.54) is 15.4 Å². The maximum atomic E-state index is 13.6. The highest BCUT2D eigenvalue weighted by molar-refractivity contribution is 6.35. The van der Waals surface area contributed by atoms with E-state index in [0.717, 1.165) is 12.8 Å². The third-order valence-corrected chi connectivity index (χ3v) is 7.03. The van der Waals surface area contributed by atoms with Gasteiger partial charge in [-0.1, -0.05) is 59.6 Å². The fourth-order valence-corrected chi connectivity index (χ4v) is 5.09. The number of rotatable bonds is 8. The highest BCUT2D eigenvalue weighted by atomic mass is 35.5. The predicted molar refractivity (Wildman–Crippen MR) is 136 cm³/mol. The number of urea groups is 1. The average molecular weight is 515 g/mol. The molecule has 2 aliphatic rings. The Balaban J connectivity index is 1.48. The summed E-state index contributed by atoms with van der Waals surface area (Å²) >= 11 is 12.5. The molecule has 0 bridgehead atoms. The first-order valence-electron chi connectivity index (χ1n) is 11.7. The number of benzene rings is 2. The maximum absolute atomic E-state index is 13.6. The van der Waals surface area contributed by atoms with Crippen molar-refractivity contribution in [2.24, 2.45) is 0 Å². The van der Waals surface area contributed by atoms with Crippen molar-refractivity contribution in [3.05, 3.63) is 81.0 Å². The van der Waals surface area contributed by atoms with Crippen LogP contribution in [-0.4, -0.2) is 53.3 Å². The number of nitrogens with zero attached hydrogens (tertiary/aromatic N) is 2. The van der Waals surface area contributed by atoms with Gasteiger partial charge < -0.3 is 15.5 Å². The van der Waals surface area contributed by atoms with Gasteiger partial charge in [0, 0.05) is 23.1 Å². The van der Waals surface area contributed by atoms with Crippen LogP contribution < -0.4 is 10.6 Å². The number of amides is 4. The minimum Gasteiger partial charge on any atom is -0.354 e. The van der Waals surface area contributed by atoms with Crippen LogP contribution in [0.15, 0.2) is 59.8 Å². The van der Waals surface area contributed by atoms with E-state index in [2.05, 4.69) is 22.8 Å². The second-order valence-corrected chi connectivity index (χ2v) is 9.49. The predicted octanol–water partition coefficient (Wildman–Crippen LogP) is 4.31. The zero-order valence-corrected chi connectivity index (χ0v) is 21.2. The van der Waals surface area contributed by atoms with E-state index in [1.807, 2.05) is 25.1 Å². The van der Waals surface area contributed by atoms with E-state index in [0.29, 0.717) is 40.0 Å². The Morgan fingerprint density at radius 1 is 1.17 bits per heavy atom. The highest BCUT2D eigenvalue weighted by Gasteiger charge is 2.46. The summed E-state index contributed by atoms with van der Waals surface area (Å²) in [5.74, 6) is -0.518. The fourth-order valence-electron chi connectivity index (χ4n) is 4.57. The summed E-state index contributed by atoms with van der Waals surface area (Å²) in [6.07, 6.45) is 1.65. The standard InChI is InChI=1S/C26H28Cl2N4O3/c1-3-31-21-15-32(16(2)24(33)29-13-7-10-17-8-5-4-6-9-17)25(34)22(21)23(30-26(31)35)19-12-11-18(27)14-20(19)28/h4-6,8-9,11-12,14,16,23H,3,7,10,13,15H2,1-2H3,(H,29,33)(H,30,35)/t16-,23+/m0/s1. The fraction of sp³-hybridized carbons (Fsp3) is 0.346. The molecule has 2 aliphatic heterocycles. The van der Waals surface area contributed by atoms with Crippen LogP contribution in [0.1, 0.15) is 37.4 Å². The van der Waals surface area contributed by atoms with Crippen LogP contribution in [0.3, 0.4) is 0 Å². The van der Waals surface area contributed by atoms with E-state index in [9.17, 15) is 14.4 Å². The minimum atomic E-state index is -0.719. The summed E-state index contributed by atoms with van der Waals surface area (Å²) in [6.45, 7) is 4.63. The largest absolute Gasteiger partial charge is 0.354 e. The lowest BCUT2D eigenvalue weighted by atomic mass is 9.95. The van der Waals surface area contributed by atoms with Gasteiger partial charge in [-0.05, 0) is 49.9 Å². The third kappa shape index (κ3) is 5.16. The first-order valence-corrected chi connectivity index (χ1v) is 12.5. The van der Waals surface area contributed by atoms with Gasteiger partial charge in [0.1, 0.15) is 6.04 Å². The van der Waals surface area contributed by atoms with Gasteiger partial charge in [0.25, 0.3) is 5.91 Å². The van der Waals surface area contributed by atoms with Crippen LogP contribution in [-0.2, 0) is 16.0 Å². The van der Waals surface area contributed by atoms with Gasteiger partial charge in [-0.25, -0.2) is 4.79 Å².